The summed E-state index contributed by atoms with van der Waals surface area (Å²) in [7, 11) is 15.3. The van der Waals surface area contributed by atoms with Crippen molar-refractivity contribution >= 4 is 57.0 Å². The maximum atomic E-state index is 11.3. The predicted octanol–water partition coefficient (Wildman–Crippen LogP) is 0.929. The van der Waals surface area contributed by atoms with E-state index in [0.29, 0.717) is 11.3 Å². The van der Waals surface area contributed by atoms with Gasteiger partial charge in [-0.1, -0.05) is 15.9 Å². The molecule has 0 spiro atoms. The van der Waals surface area contributed by atoms with E-state index in [1.165, 1.54) is 0 Å². The Bertz CT molecular complexity index is 445. The van der Waals surface area contributed by atoms with Crippen LogP contribution >= 0.6 is 15.9 Å². The zero-order valence-electron chi connectivity index (χ0n) is 9.35. The molecule has 0 saturated carbocycles. The Morgan fingerprint density at radius 3 is 2.22 bits per heavy atom. The SMILES string of the molecule is [B]C([B])([B])OC(=O)Nc1ccc(C(=O)CBr)cc1. The molecule has 0 aromatic heterocycles. The van der Waals surface area contributed by atoms with Crippen molar-refractivity contribution in [3.8, 4) is 0 Å². The van der Waals surface area contributed by atoms with Crippen LogP contribution in [0.3, 0.4) is 0 Å². The molecule has 0 fully saturated rings. The summed E-state index contributed by atoms with van der Waals surface area (Å²) in [4.78, 5) is 22.6. The molecule has 0 atom stereocenters. The van der Waals surface area contributed by atoms with Crippen molar-refractivity contribution < 1.29 is 14.3 Å². The number of Topliss-reactive ketones (excluding diaryl/α,β-unsaturated/α-hetero) is 1. The average Bonchev–Trinajstić information content (AvgIpc) is 2.26. The van der Waals surface area contributed by atoms with Crippen LogP contribution in [0, 0.1) is 0 Å². The van der Waals surface area contributed by atoms with E-state index in [0.717, 1.165) is 0 Å². The zero-order valence-corrected chi connectivity index (χ0v) is 10.9. The molecule has 0 aliphatic rings. The molecule has 1 aromatic carbocycles. The lowest BCUT2D eigenvalue weighted by atomic mass is 9.52. The Balaban J connectivity index is 2.64. The highest BCUT2D eigenvalue weighted by Crippen LogP contribution is 2.11. The van der Waals surface area contributed by atoms with Gasteiger partial charge in [0.1, 0.15) is 23.5 Å². The van der Waals surface area contributed by atoms with Gasteiger partial charge in [-0.2, -0.15) is 0 Å². The summed E-state index contributed by atoms with van der Waals surface area (Å²) in [5.41, 5.74) is 0.951. The molecule has 6 radical (unpaired) electrons. The quantitative estimate of drug-likeness (QED) is 0.511. The van der Waals surface area contributed by atoms with Crippen LogP contribution in [0.25, 0.3) is 0 Å². The highest BCUT2D eigenvalue weighted by molar-refractivity contribution is 9.09. The summed E-state index contributed by atoms with van der Waals surface area (Å²) in [5, 5.41) is 0.561. The highest BCUT2D eigenvalue weighted by atomic mass is 79.9. The Labute approximate surface area is 117 Å². The average molecular weight is 302 g/mol. The Hall–Kier alpha value is -1.17. The molecule has 0 saturated heterocycles. The Morgan fingerprint density at radius 1 is 1.22 bits per heavy atom. The van der Waals surface area contributed by atoms with Crippen molar-refractivity contribution in [2.45, 2.75) is 5.30 Å². The largest absolute Gasteiger partial charge is 0.473 e. The fourth-order valence-corrected chi connectivity index (χ4v) is 1.44. The maximum absolute atomic E-state index is 11.3. The Kier molecular flexibility index (Phi) is 5.08. The van der Waals surface area contributed by atoms with E-state index in [4.69, 9.17) is 23.5 Å². The van der Waals surface area contributed by atoms with Gasteiger partial charge in [-0.25, -0.2) is 4.79 Å². The van der Waals surface area contributed by atoms with Crippen molar-refractivity contribution in [3.05, 3.63) is 29.8 Å². The van der Waals surface area contributed by atoms with E-state index < -0.39 is 11.4 Å². The number of nitrogens with one attached hydrogen (secondary N) is 1. The number of ketones is 1. The second-order valence-electron chi connectivity index (χ2n) is 3.50. The molecule has 0 aliphatic carbocycles. The molecular weight excluding hydrogens is 294 g/mol. The minimum Gasteiger partial charge on any atom is -0.473 e. The van der Waals surface area contributed by atoms with E-state index in [9.17, 15) is 9.59 Å². The third kappa shape index (κ3) is 5.00. The van der Waals surface area contributed by atoms with Gasteiger partial charge in [0.05, 0.1) is 5.33 Å². The molecule has 0 heterocycles. The number of rotatable bonds is 4. The highest BCUT2D eigenvalue weighted by Gasteiger charge is 2.15. The van der Waals surface area contributed by atoms with Gasteiger partial charge in [0.25, 0.3) is 0 Å². The van der Waals surface area contributed by atoms with Gasteiger partial charge >= 0.3 is 6.09 Å². The third-order valence-corrected chi connectivity index (χ3v) is 2.35. The molecule has 4 nitrogen and oxygen atoms in total. The molecule has 0 aliphatic heterocycles. The number of carbonyl (C=O) groups is 2. The van der Waals surface area contributed by atoms with Gasteiger partial charge in [0.2, 0.25) is 0 Å². The molecular formula is C10H7B3BrNO3. The van der Waals surface area contributed by atoms with Gasteiger partial charge < -0.3 is 4.74 Å². The third-order valence-electron chi connectivity index (χ3n) is 1.84. The van der Waals surface area contributed by atoms with Crippen LogP contribution in [0.2, 0.25) is 0 Å². The number of carbonyl (C=O) groups excluding carboxylic acids is 2. The van der Waals surface area contributed by atoms with Crippen LogP contribution in [-0.4, -0.2) is 46.0 Å². The number of benzene rings is 1. The van der Waals surface area contributed by atoms with Crippen molar-refractivity contribution in [1.29, 1.82) is 0 Å². The molecule has 1 rings (SSSR count). The van der Waals surface area contributed by atoms with Crippen LogP contribution in [0.4, 0.5) is 10.5 Å². The smallest absolute Gasteiger partial charge is 0.409 e. The molecule has 8 heteroatoms. The molecule has 0 bridgehead atoms. The van der Waals surface area contributed by atoms with Gasteiger partial charge in [-0.05, 0) is 29.6 Å². The monoisotopic (exact) mass is 301 g/mol. The van der Waals surface area contributed by atoms with Crippen LogP contribution in [0.15, 0.2) is 24.3 Å². The number of hydrogen-bond acceptors (Lipinski definition) is 3. The van der Waals surface area contributed by atoms with Gasteiger partial charge in [-0.3, -0.25) is 10.1 Å². The first-order chi connectivity index (χ1) is 8.31. The van der Waals surface area contributed by atoms with Gasteiger partial charge in [0, 0.05) is 11.3 Å². The van der Waals surface area contributed by atoms with Crippen molar-refractivity contribution in [2.24, 2.45) is 0 Å². The van der Waals surface area contributed by atoms with E-state index in [1.54, 1.807) is 24.3 Å². The second-order valence-corrected chi connectivity index (χ2v) is 4.06. The number of hydrogen-bond donors (Lipinski definition) is 1. The lowest BCUT2D eigenvalue weighted by Gasteiger charge is -2.21. The second kappa shape index (κ2) is 6.13. The van der Waals surface area contributed by atoms with Crippen LogP contribution < -0.4 is 5.32 Å². The van der Waals surface area contributed by atoms with E-state index in [1.807, 2.05) is 0 Å². The maximum Gasteiger partial charge on any atom is 0.409 e. The number of amides is 1. The molecule has 1 aromatic rings. The molecule has 18 heavy (non-hydrogen) atoms. The van der Waals surface area contributed by atoms with E-state index >= 15 is 0 Å². The van der Waals surface area contributed by atoms with Crippen molar-refractivity contribution in [3.63, 3.8) is 0 Å². The predicted molar refractivity (Wildman–Crippen MR) is 74.7 cm³/mol. The molecule has 1 amide bonds. The fraction of sp³-hybridized carbons (Fsp3) is 0.200. The summed E-state index contributed by atoms with van der Waals surface area (Å²) in [5.74, 6) is -0.0611. The summed E-state index contributed by atoms with van der Waals surface area (Å²) in [6.45, 7) is 0. The van der Waals surface area contributed by atoms with Gasteiger partial charge in [-0.15, -0.1) is 0 Å². The number of ether oxygens (including phenoxy) is 1. The van der Waals surface area contributed by atoms with Crippen molar-refractivity contribution in [2.75, 3.05) is 10.6 Å². The van der Waals surface area contributed by atoms with Gasteiger partial charge in [0.15, 0.2) is 5.78 Å². The van der Waals surface area contributed by atoms with E-state index in [2.05, 4.69) is 26.0 Å². The summed E-state index contributed by atoms with van der Waals surface area (Å²) >= 11 is 3.06. The van der Waals surface area contributed by atoms with Crippen LogP contribution in [0.5, 0.6) is 0 Å². The Morgan fingerprint density at radius 2 is 1.78 bits per heavy atom. The number of halogens is 1. The molecule has 0 unspecified atom stereocenters. The lowest BCUT2D eigenvalue weighted by molar-refractivity contribution is 0.102. The first kappa shape index (κ1) is 14.9. The number of anilines is 1. The lowest BCUT2D eigenvalue weighted by Crippen LogP contribution is -2.38. The zero-order chi connectivity index (χ0) is 13.8. The summed E-state index contributed by atoms with van der Waals surface area (Å²) in [6, 6.07) is 6.23. The molecule has 1 N–H and O–H groups in total. The minimum atomic E-state index is -2.03. The standard InChI is InChI=1S/C10H7B3BrNO3/c11-10(12,13)18-9(17)15-7-3-1-6(2-4-7)8(16)5-14/h1-4H,5H2,(H,15,17). The molecule has 86 valence electrons. The van der Waals surface area contributed by atoms with Crippen LogP contribution in [0.1, 0.15) is 10.4 Å². The van der Waals surface area contributed by atoms with Crippen LogP contribution in [-0.2, 0) is 4.74 Å². The fourth-order valence-electron chi connectivity index (χ4n) is 1.12. The first-order valence-corrected chi connectivity index (χ1v) is 6.00. The van der Waals surface area contributed by atoms with E-state index in [-0.39, 0.29) is 11.1 Å². The number of alkyl halides is 1. The summed E-state index contributed by atoms with van der Waals surface area (Å²) in [6.07, 6.45) is -0.887. The van der Waals surface area contributed by atoms with Crippen molar-refractivity contribution in [1.82, 2.24) is 0 Å². The normalized spacial score (nSPS) is 10.7. The summed E-state index contributed by atoms with van der Waals surface area (Å²) < 4.78 is 4.45. The first-order valence-electron chi connectivity index (χ1n) is 4.87. The minimum absolute atomic E-state index is 0.0611. The topological polar surface area (TPSA) is 55.4 Å².